The number of piperazine rings is 1. The van der Waals surface area contributed by atoms with Crippen LogP contribution >= 0.6 is 11.6 Å². The lowest BCUT2D eigenvalue weighted by molar-refractivity contribution is -0.141. The van der Waals surface area contributed by atoms with Crippen molar-refractivity contribution in [2.75, 3.05) is 45.9 Å². The molecule has 0 aliphatic carbocycles. The maximum absolute atomic E-state index is 12.5. The molecule has 23 heavy (non-hydrogen) atoms. The van der Waals surface area contributed by atoms with Gasteiger partial charge < -0.3 is 15.0 Å². The summed E-state index contributed by atoms with van der Waals surface area (Å²) in [5.41, 5.74) is 1.02. The summed E-state index contributed by atoms with van der Waals surface area (Å²) in [6.45, 7) is 3.51. The number of ether oxygens (including phenoxy) is 1. The summed E-state index contributed by atoms with van der Waals surface area (Å²) in [6.07, 6.45) is -0.130. The van der Waals surface area contributed by atoms with Gasteiger partial charge in [-0.3, -0.25) is 14.5 Å². The Kier molecular flexibility index (Phi) is 5.15. The number of nitrogens with zero attached hydrogens (tertiary/aromatic N) is 2. The smallest absolute Gasteiger partial charge is 0.236 e. The Balaban J connectivity index is 1.58. The number of carbonyl (C=O) groups excluding carboxylic acids is 2. The second-order valence-electron chi connectivity index (χ2n) is 5.81. The molecular formula is C16H20ClN3O3. The predicted octanol–water partition coefficient (Wildman–Crippen LogP) is 0.672. The lowest BCUT2D eigenvalue weighted by Crippen LogP contribution is -2.52. The average Bonchev–Trinajstić information content (AvgIpc) is 2.56. The van der Waals surface area contributed by atoms with E-state index in [4.69, 9.17) is 16.3 Å². The molecule has 124 valence electrons. The summed E-state index contributed by atoms with van der Waals surface area (Å²) < 4.78 is 5.78. The highest BCUT2D eigenvalue weighted by atomic mass is 35.5. The minimum atomic E-state index is -0.130. The third-order valence-corrected chi connectivity index (χ3v) is 4.39. The molecule has 2 aliphatic heterocycles. The molecule has 2 saturated heterocycles. The van der Waals surface area contributed by atoms with Gasteiger partial charge in [0.25, 0.3) is 0 Å². The first kappa shape index (κ1) is 16.2. The number of hydrogen-bond acceptors (Lipinski definition) is 4. The molecule has 0 saturated carbocycles. The molecule has 6 nitrogen and oxygen atoms in total. The fourth-order valence-corrected chi connectivity index (χ4v) is 3.00. The van der Waals surface area contributed by atoms with E-state index in [2.05, 4.69) is 5.32 Å². The van der Waals surface area contributed by atoms with Crippen LogP contribution in [0.25, 0.3) is 0 Å². The summed E-state index contributed by atoms with van der Waals surface area (Å²) in [6, 6.07) is 7.51. The molecule has 0 unspecified atom stereocenters. The summed E-state index contributed by atoms with van der Waals surface area (Å²) >= 11 is 5.91. The third-order valence-electron chi connectivity index (χ3n) is 4.14. The topological polar surface area (TPSA) is 61.9 Å². The van der Waals surface area contributed by atoms with Gasteiger partial charge in [0.1, 0.15) is 6.10 Å². The van der Waals surface area contributed by atoms with Gasteiger partial charge in [0.05, 0.1) is 26.2 Å². The minimum absolute atomic E-state index is 0.0231. The molecule has 7 heteroatoms. The van der Waals surface area contributed by atoms with E-state index >= 15 is 0 Å². The molecule has 1 atom stereocenters. The van der Waals surface area contributed by atoms with E-state index in [1.807, 2.05) is 34.1 Å². The van der Waals surface area contributed by atoms with Gasteiger partial charge in [0, 0.05) is 24.7 Å². The van der Waals surface area contributed by atoms with E-state index in [9.17, 15) is 9.59 Å². The molecule has 1 N–H and O–H groups in total. The lowest BCUT2D eigenvalue weighted by Gasteiger charge is -2.35. The van der Waals surface area contributed by atoms with Gasteiger partial charge in [-0.05, 0) is 17.7 Å². The number of rotatable bonds is 3. The van der Waals surface area contributed by atoms with Crippen LogP contribution in [-0.4, -0.2) is 67.5 Å². The Morgan fingerprint density at radius 2 is 2.09 bits per heavy atom. The van der Waals surface area contributed by atoms with Crippen molar-refractivity contribution in [3.8, 4) is 0 Å². The van der Waals surface area contributed by atoms with Crippen LogP contribution in [0.4, 0.5) is 0 Å². The number of nitrogens with one attached hydrogen (secondary N) is 1. The maximum Gasteiger partial charge on any atom is 0.236 e. The van der Waals surface area contributed by atoms with E-state index in [-0.39, 0.29) is 31.0 Å². The number of benzene rings is 1. The van der Waals surface area contributed by atoms with Crippen LogP contribution in [0.5, 0.6) is 0 Å². The molecule has 0 aromatic heterocycles. The predicted molar refractivity (Wildman–Crippen MR) is 86.2 cm³/mol. The molecule has 2 heterocycles. The van der Waals surface area contributed by atoms with Crippen molar-refractivity contribution in [1.29, 1.82) is 0 Å². The lowest BCUT2D eigenvalue weighted by atomic mass is 10.1. The first-order chi connectivity index (χ1) is 11.1. The van der Waals surface area contributed by atoms with Crippen molar-refractivity contribution < 1.29 is 14.3 Å². The van der Waals surface area contributed by atoms with Crippen LogP contribution in [0.3, 0.4) is 0 Å². The zero-order valence-electron chi connectivity index (χ0n) is 12.8. The van der Waals surface area contributed by atoms with Crippen LogP contribution in [0, 0.1) is 0 Å². The first-order valence-electron chi connectivity index (χ1n) is 7.76. The number of halogens is 1. The number of morpholine rings is 1. The van der Waals surface area contributed by atoms with Crippen LogP contribution in [0.1, 0.15) is 11.7 Å². The van der Waals surface area contributed by atoms with Gasteiger partial charge in [0.2, 0.25) is 11.8 Å². The quantitative estimate of drug-likeness (QED) is 0.880. The largest absolute Gasteiger partial charge is 0.370 e. The van der Waals surface area contributed by atoms with Gasteiger partial charge in [-0.15, -0.1) is 0 Å². The highest BCUT2D eigenvalue weighted by molar-refractivity contribution is 6.30. The molecule has 3 rings (SSSR count). The first-order valence-corrected chi connectivity index (χ1v) is 8.13. The standard InChI is InChI=1S/C16H20ClN3O3/c17-13-3-1-12(2-4-13)14-9-20(7-8-23-14)16(22)11-19-6-5-18-15(21)10-19/h1-4,14H,5-11H2,(H,18,21)/t14-/m0/s1. The van der Waals surface area contributed by atoms with Gasteiger partial charge in [0.15, 0.2) is 0 Å². The van der Waals surface area contributed by atoms with E-state index in [1.54, 1.807) is 0 Å². The normalized spacial score (nSPS) is 22.7. The molecular weight excluding hydrogens is 318 g/mol. The minimum Gasteiger partial charge on any atom is -0.370 e. The second-order valence-corrected chi connectivity index (χ2v) is 6.25. The van der Waals surface area contributed by atoms with Crippen molar-refractivity contribution in [3.63, 3.8) is 0 Å². The zero-order chi connectivity index (χ0) is 16.2. The maximum atomic E-state index is 12.5. The van der Waals surface area contributed by atoms with Crippen LogP contribution < -0.4 is 5.32 Å². The Morgan fingerprint density at radius 1 is 1.30 bits per heavy atom. The Labute approximate surface area is 140 Å². The highest BCUT2D eigenvalue weighted by Gasteiger charge is 2.27. The van der Waals surface area contributed by atoms with Gasteiger partial charge >= 0.3 is 0 Å². The summed E-state index contributed by atoms with van der Waals surface area (Å²) in [5, 5.41) is 3.44. The molecule has 1 aromatic carbocycles. The summed E-state index contributed by atoms with van der Waals surface area (Å²) in [4.78, 5) is 27.6. The molecule has 2 aliphatic rings. The number of amides is 2. The zero-order valence-corrected chi connectivity index (χ0v) is 13.6. The van der Waals surface area contributed by atoms with Crippen molar-refractivity contribution in [3.05, 3.63) is 34.9 Å². The fourth-order valence-electron chi connectivity index (χ4n) is 2.87. The Hall–Kier alpha value is -1.63. The van der Waals surface area contributed by atoms with Crippen molar-refractivity contribution >= 4 is 23.4 Å². The molecule has 0 bridgehead atoms. The third kappa shape index (κ3) is 4.22. The van der Waals surface area contributed by atoms with E-state index < -0.39 is 0 Å². The SMILES string of the molecule is O=C1CN(CC(=O)N2CCO[C@H](c3ccc(Cl)cc3)C2)CCN1. The van der Waals surface area contributed by atoms with Crippen LogP contribution in [0.15, 0.2) is 24.3 Å². The van der Waals surface area contributed by atoms with Crippen LogP contribution in [-0.2, 0) is 14.3 Å². The molecule has 0 radical (unpaired) electrons. The van der Waals surface area contributed by atoms with Crippen LogP contribution in [0.2, 0.25) is 5.02 Å². The van der Waals surface area contributed by atoms with E-state index in [0.29, 0.717) is 37.8 Å². The van der Waals surface area contributed by atoms with Crippen molar-refractivity contribution in [2.45, 2.75) is 6.10 Å². The van der Waals surface area contributed by atoms with Crippen molar-refractivity contribution in [1.82, 2.24) is 15.1 Å². The molecule has 2 fully saturated rings. The summed E-state index contributed by atoms with van der Waals surface area (Å²) in [7, 11) is 0. The van der Waals surface area contributed by atoms with Gasteiger partial charge in [-0.25, -0.2) is 0 Å². The second kappa shape index (κ2) is 7.29. The average molecular weight is 338 g/mol. The van der Waals surface area contributed by atoms with E-state index in [1.165, 1.54) is 0 Å². The number of carbonyl (C=O) groups is 2. The van der Waals surface area contributed by atoms with Gasteiger partial charge in [-0.1, -0.05) is 23.7 Å². The van der Waals surface area contributed by atoms with Crippen molar-refractivity contribution in [2.24, 2.45) is 0 Å². The Bertz CT molecular complexity index is 578. The highest BCUT2D eigenvalue weighted by Crippen LogP contribution is 2.23. The molecule has 0 spiro atoms. The summed E-state index contributed by atoms with van der Waals surface area (Å²) in [5.74, 6) is 0.0204. The fraction of sp³-hybridized carbons (Fsp3) is 0.500. The van der Waals surface area contributed by atoms with E-state index in [0.717, 1.165) is 5.56 Å². The number of hydrogen-bond donors (Lipinski definition) is 1. The molecule has 1 aromatic rings. The molecule has 2 amide bonds. The Morgan fingerprint density at radius 3 is 2.83 bits per heavy atom. The van der Waals surface area contributed by atoms with Gasteiger partial charge in [-0.2, -0.15) is 0 Å². The monoisotopic (exact) mass is 337 g/mol.